The largest absolute Gasteiger partial charge is 0.382 e. The first-order valence-corrected chi connectivity index (χ1v) is 9.33. The van der Waals surface area contributed by atoms with E-state index in [9.17, 15) is 0 Å². The van der Waals surface area contributed by atoms with Crippen molar-refractivity contribution in [3.05, 3.63) is 60.2 Å². The summed E-state index contributed by atoms with van der Waals surface area (Å²) in [6, 6.07) is 14.0. The Bertz CT molecular complexity index is 1250. The molecule has 4 rings (SSSR count). The van der Waals surface area contributed by atoms with Crippen LogP contribution < -0.4 is 10.6 Å². The number of nitrogen functional groups attached to an aromatic ring is 1. The highest BCUT2D eigenvalue weighted by atomic mass is 15.1. The van der Waals surface area contributed by atoms with E-state index < -0.39 is 0 Å². The van der Waals surface area contributed by atoms with Gasteiger partial charge >= 0.3 is 0 Å². The standard InChI is InChI=1S/C22H21N7/c1-4-14-9-15(11-23)25-12-20(14)29(3)18-8-6-5-7-16(18)17-10-19-21(22(24)27-17)26-13-28(19)2/h5-10,12-13H,4H2,1-3H3,(H2,24,27). The predicted molar refractivity (Wildman–Crippen MR) is 115 cm³/mol. The van der Waals surface area contributed by atoms with Crippen molar-refractivity contribution in [1.29, 1.82) is 5.26 Å². The molecule has 0 aliphatic carbocycles. The summed E-state index contributed by atoms with van der Waals surface area (Å²) in [6.45, 7) is 2.07. The first-order valence-electron chi connectivity index (χ1n) is 9.33. The molecule has 29 heavy (non-hydrogen) atoms. The van der Waals surface area contributed by atoms with E-state index in [2.05, 4.69) is 32.8 Å². The number of nitrogens with two attached hydrogens (primary N) is 1. The lowest BCUT2D eigenvalue weighted by Crippen LogP contribution is -2.14. The van der Waals surface area contributed by atoms with Crippen molar-refractivity contribution in [3.8, 4) is 17.3 Å². The molecule has 2 N–H and O–H groups in total. The van der Waals surface area contributed by atoms with E-state index >= 15 is 0 Å². The van der Waals surface area contributed by atoms with Gasteiger partial charge in [0.15, 0.2) is 5.82 Å². The van der Waals surface area contributed by atoms with Crippen LogP contribution in [-0.2, 0) is 13.5 Å². The number of aryl methyl sites for hydroxylation is 2. The Morgan fingerprint density at radius 1 is 1.17 bits per heavy atom. The summed E-state index contributed by atoms with van der Waals surface area (Å²) in [7, 11) is 3.93. The zero-order chi connectivity index (χ0) is 20.5. The fourth-order valence-electron chi connectivity index (χ4n) is 3.54. The number of benzene rings is 1. The molecule has 0 aliphatic rings. The molecule has 0 atom stereocenters. The molecule has 0 aliphatic heterocycles. The van der Waals surface area contributed by atoms with Crippen LogP contribution in [-0.4, -0.2) is 26.6 Å². The zero-order valence-corrected chi connectivity index (χ0v) is 16.6. The van der Waals surface area contributed by atoms with E-state index in [0.29, 0.717) is 17.0 Å². The van der Waals surface area contributed by atoms with E-state index in [1.807, 2.05) is 55.1 Å². The Morgan fingerprint density at radius 2 is 1.97 bits per heavy atom. The number of imidazole rings is 1. The lowest BCUT2D eigenvalue weighted by atomic mass is 10.1. The number of fused-ring (bicyclic) bond motifs is 1. The summed E-state index contributed by atoms with van der Waals surface area (Å²) in [6.07, 6.45) is 4.28. The van der Waals surface area contributed by atoms with E-state index in [1.165, 1.54) is 0 Å². The Balaban J connectivity index is 1.87. The van der Waals surface area contributed by atoms with Gasteiger partial charge in [-0.2, -0.15) is 5.26 Å². The van der Waals surface area contributed by atoms with E-state index in [1.54, 1.807) is 12.5 Å². The average molecular weight is 383 g/mol. The van der Waals surface area contributed by atoms with Crippen molar-refractivity contribution in [1.82, 2.24) is 19.5 Å². The molecule has 0 unspecified atom stereocenters. The Morgan fingerprint density at radius 3 is 2.72 bits per heavy atom. The van der Waals surface area contributed by atoms with Crippen LogP contribution in [0.5, 0.6) is 0 Å². The normalized spacial score (nSPS) is 10.8. The monoisotopic (exact) mass is 383 g/mol. The average Bonchev–Trinajstić information content (AvgIpc) is 3.14. The molecule has 0 amide bonds. The van der Waals surface area contributed by atoms with Gasteiger partial charge in [0.25, 0.3) is 0 Å². The van der Waals surface area contributed by atoms with E-state index in [4.69, 9.17) is 11.0 Å². The van der Waals surface area contributed by atoms with Gasteiger partial charge < -0.3 is 15.2 Å². The number of anilines is 3. The third-order valence-electron chi connectivity index (χ3n) is 5.10. The summed E-state index contributed by atoms with van der Waals surface area (Å²) < 4.78 is 1.93. The van der Waals surface area contributed by atoms with Crippen molar-refractivity contribution in [2.24, 2.45) is 7.05 Å². The molecule has 0 spiro atoms. The van der Waals surface area contributed by atoms with Crippen LogP contribution in [0.15, 0.2) is 48.9 Å². The van der Waals surface area contributed by atoms with Crippen molar-refractivity contribution >= 4 is 28.2 Å². The maximum absolute atomic E-state index is 9.16. The second-order valence-corrected chi connectivity index (χ2v) is 6.86. The fourth-order valence-corrected chi connectivity index (χ4v) is 3.54. The minimum atomic E-state index is 0.407. The summed E-state index contributed by atoms with van der Waals surface area (Å²) in [5.74, 6) is 0.407. The molecule has 0 fully saturated rings. The minimum absolute atomic E-state index is 0.407. The lowest BCUT2D eigenvalue weighted by molar-refractivity contribution is 0.947. The third kappa shape index (κ3) is 3.15. The number of nitrogens with zero attached hydrogens (tertiary/aromatic N) is 6. The summed E-state index contributed by atoms with van der Waals surface area (Å²) in [5.41, 5.74) is 13.0. The first kappa shape index (κ1) is 18.4. The predicted octanol–water partition coefficient (Wildman–Crippen LogP) is 3.81. The van der Waals surface area contributed by atoms with Gasteiger partial charge in [0.2, 0.25) is 0 Å². The van der Waals surface area contributed by atoms with E-state index in [-0.39, 0.29) is 0 Å². The highest BCUT2D eigenvalue weighted by molar-refractivity contribution is 5.91. The molecular weight excluding hydrogens is 362 g/mol. The topological polar surface area (TPSA) is 96.7 Å². The molecule has 0 radical (unpaired) electrons. The van der Waals surface area contributed by atoms with Crippen LogP contribution in [0.2, 0.25) is 0 Å². The molecule has 3 heterocycles. The van der Waals surface area contributed by atoms with E-state index in [0.717, 1.165) is 40.1 Å². The van der Waals surface area contributed by atoms with Crippen LogP contribution in [0.4, 0.5) is 17.2 Å². The van der Waals surface area contributed by atoms with Crippen LogP contribution in [0.3, 0.4) is 0 Å². The van der Waals surface area contributed by atoms with Crippen molar-refractivity contribution in [2.75, 3.05) is 17.7 Å². The van der Waals surface area contributed by atoms with Gasteiger partial charge in [-0.1, -0.05) is 25.1 Å². The maximum Gasteiger partial charge on any atom is 0.152 e. The number of aromatic nitrogens is 4. The van der Waals surface area contributed by atoms with Crippen molar-refractivity contribution in [2.45, 2.75) is 13.3 Å². The maximum atomic E-state index is 9.16. The van der Waals surface area contributed by atoms with Gasteiger partial charge in [0, 0.05) is 19.7 Å². The second-order valence-electron chi connectivity index (χ2n) is 6.86. The van der Waals surface area contributed by atoms with Gasteiger partial charge in [-0.15, -0.1) is 0 Å². The smallest absolute Gasteiger partial charge is 0.152 e. The molecule has 0 saturated heterocycles. The first-order chi connectivity index (χ1) is 14.0. The number of nitriles is 1. The molecule has 7 heteroatoms. The molecule has 0 bridgehead atoms. The number of hydrogen-bond acceptors (Lipinski definition) is 6. The Kier molecular flexibility index (Phi) is 4.61. The quantitative estimate of drug-likeness (QED) is 0.575. The summed E-state index contributed by atoms with van der Waals surface area (Å²) in [4.78, 5) is 15.3. The third-order valence-corrected chi connectivity index (χ3v) is 5.10. The second kappa shape index (κ2) is 7.24. The molecular formula is C22H21N7. The molecule has 4 aromatic rings. The lowest BCUT2D eigenvalue weighted by Gasteiger charge is -2.24. The molecule has 3 aromatic heterocycles. The summed E-state index contributed by atoms with van der Waals surface area (Å²) in [5, 5.41) is 9.16. The number of hydrogen-bond donors (Lipinski definition) is 1. The number of rotatable bonds is 4. The van der Waals surface area contributed by atoms with Crippen LogP contribution in [0.25, 0.3) is 22.3 Å². The highest BCUT2D eigenvalue weighted by Gasteiger charge is 2.17. The van der Waals surface area contributed by atoms with Crippen LogP contribution in [0, 0.1) is 11.3 Å². The summed E-state index contributed by atoms with van der Waals surface area (Å²) >= 11 is 0. The van der Waals surface area contributed by atoms with Crippen molar-refractivity contribution in [3.63, 3.8) is 0 Å². The van der Waals surface area contributed by atoms with Crippen molar-refractivity contribution < 1.29 is 0 Å². The van der Waals surface area contributed by atoms with Gasteiger partial charge in [-0.3, -0.25) is 0 Å². The molecule has 144 valence electrons. The van der Waals surface area contributed by atoms with Gasteiger partial charge in [0.1, 0.15) is 17.3 Å². The van der Waals surface area contributed by atoms with Crippen LogP contribution >= 0.6 is 0 Å². The Hall–Kier alpha value is -3.92. The molecule has 1 aromatic carbocycles. The van der Waals surface area contributed by atoms with Gasteiger partial charge in [-0.05, 0) is 30.2 Å². The Labute approximate surface area is 169 Å². The molecule has 0 saturated carbocycles. The number of pyridine rings is 2. The molecule has 7 nitrogen and oxygen atoms in total. The van der Waals surface area contributed by atoms with Gasteiger partial charge in [-0.25, -0.2) is 15.0 Å². The minimum Gasteiger partial charge on any atom is -0.382 e. The van der Waals surface area contributed by atoms with Gasteiger partial charge in [0.05, 0.1) is 35.1 Å². The van der Waals surface area contributed by atoms with Crippen LogP contribution in [0.1, 0.15) is 18.2 Å². The SMILES string of the molecule is CCc1cc(C#N)ncc1N(C)c1ccccc1-c1cc2c(ncn2C)c(N)n1. The zero-order valence-electron chi connectivity index (χ0n) is 16.6. The number of para-hydroxylation sites is 1. The highest BCUT2D eigenvalue weighted by Crippen LogP contribution is 2.36. The fraction of sp³-hybridized carbons (Fsp3) is 0.182.